The number of carbonyl (C=O) groups excluding carboxylic acids is 1. The molecular formula is C16H15Cl2N3O2. The maximum absolute atomic E-state index is 12.0. The number of hydrazone groups is 1. The fraction of sp³-hybridized carbons (Fsp3) is 0.125. The molecule has 5 nitrogen and oxygen atoms in total. The van der Waals surface area contributed by atoms with E-state index in [0.29, 0.717) is 15.7 Å². The predicted octanol–water partition coefficient (Wildman–Crippen LogP) is 3.65. The van der Waals surface area contributed by atoms with Crippen LogP contribution in [0.5, 0.6) is 5.75 Å². The summed E-state index contributed by atoms with van der Waals surface area (Å²) in [5, 5.41) is 16.9. The first-order valence-corrected chi connectivity index (χ1v) is 7.55. The van der Waals surface area contributed by atoms with Crippen molar-refractivity contribution in [3.05, 3.63) is 58.1 Å². The van der Waals surface area contributed by atoms with Crippen LogP contribution in [0, 0.1) is 0 Å². The minimum absolute atomic E-state index is 0.172. The number of benzene rings is 2. The van der Waals surface area contributed by atoms with E-state index in [1.54, 1.807) is 37.3 Å². The van der Waals surface area contributed by atoms with Crippen molar-refractivity contribution in [1.82, 2.24) is 5.43 Å². The molecular weight excluding hydrogens is 337 g/mol. The monoisotopic (exact) mass is 351 g/mol. The Morgan fingerprint density at radius 1 is 1.17 bits per heavy atom. The number of nitrogens with one attached hydrogen (secondary N) is 2. The van der Waals surface area contributed by atoms with Crippen LogP contribution in [0.3, 0.4) is 0 Å². The van der Waals surface area contributed by atoms with Gasteiger partial charge in [0.05, 0.1) is 16.3 Å². The Kier molecular flexibility index (Phi) is 5.84. The summed E-state index contributed by atoms with van der Waals surface area (Å²) in [6.45, 7) is 1.70. The van der Waals surface area contributed by atoms with Crippen LogP contribution >= 0.6 is 23.2 Å². The summed E-state index contributed by atoms with van der Waals surface area (Å²) in [6, 6.07) is 11.0. The highest BCUT2D eigenvalue weighted by atomic mass is 35.5. The summed E-state index contributed by atoms with van der Waals surface area (Å²) in [5.41, 5.74) is 3.88. The molecule has 23 heavy (non-hydrogen) atoms. The van der Waals surface area contributed by atoms with Crippen LogP contribution in [0.4, 0.5) is 5.69 Å². The van der Waals surface area contributed by atoms with Gasteiger partial charge in [-0.2, -0.15) is 5.10 Å². The number of amides is 1. The second-order valence-corrected chi connectivity index (χ2v) is 5.64. The molecule has 0 aliphatic heterocycles. The summed E-state index contributed by atoms with van der Waals surface area (Å²) in [5.74, 6) is -0.128. The van der Waals surface area contributed by atoms with Crippen molar-refractivity contribution >= 4 is 41.0 Å². The molecule has 0 radical (unpaired) electrons. The number of phenols is 1. The summed E-state index contributed by atoms with van der Waals surface area (Å²) < 4.78 is 0. The first-order valence-electron chi connectivity index (χ1n) is 6.79. The molecule has 0 heterocycles. The fourth-order valence-electron chi connectivity index (χ4n) is 1.73. The number of hydrogen-bond donors (Lipinski definition) is 3. The SMILES string of the molecule is C[C@H](Nc1ccc(Cl)c(Cl)c1)C(=O)N/N=C/c1ccc(O)cc1. The van der Waals surface area contributed by atoms with Gasteiger partial charge in [-0.15, -0.1) is 0 Å². The maximum Gasteiger partial charge on any atom is 0.262 e. The van der Waals surface area contributed by atoms with Gasteiger partial charge in [-0.3, -0.25) is 4.79 Å². The van der Waals surface area contributed by atoms with Crippen molar-refractivity contribution < 1.29 is 9.90 Å². The van der Waals surface area contributed by atoms with Crippen molar-refractivity contribution in [1.29, 1.82) is 0 Å². The van der Waals surface area contributed by atoms with Crippen molar-refractivity contribution in [2.75, 3.05) is 5.32 Å². The Bertz CT molecular complexity index is 718. The minimum Gasteiger partial charge on any atom is -0.508 e. The Hall–Kier alpha value is -2.24. The minimum atomic E-state index is -0.510. The number of phenolic OH excluding ortho intramolecular Hbond substituents is 1. The molecule has 0 spiro atoms. The third kappa shape index (κ3) is 5.16. The quantitative estimate of drug-likeness (QED) is 0.568. The number of hydrogen-bond acceptors (Lipinski definition) is 4. The van der Waals surface area contributed by atoms with Gasteiger partial charge in [0, 0.05) is 5.69 Å². The molecule has 2 aromatic rings. The molecule has 3 N–H and O–H groups in total. The molecule has 2 aromatic carbocycles. The van der Waals surface area contributed by atoms with Gasteiger partial charge >= 0.3 is 0 Å². The van der Waals surface area contributed by atoms with Crippen molar-refractivity contribution in [2.45, 2.75) is 13.0 Å². The largest absolute Gasteiger partial charge is 0.508 e. The van der Waals surface area contributed by atoms with E-state index in [1.807, 2.05) is 0 Å². The third-order valence-corrected chi connectivity index (χ3v) is 3.72. The molecule has 0 saturated heterocycles. The van der Waals surface area contributed by atoms with Crippen LogP contribution < -0.4 is 10.7 Å². The van der Waals surface area contributed by atoms with Gasteiger partial charge in [0.2, 0.25) is 0 Å². The van der Waals surface area contributed by atoms with E-state index in [2.05, 4.69) is 15.8 Å². The zero-order valence-corrected chi connectivity index (χ0v) is 13.8. The Morgan fingerprint density at radius 2 is 1.87 bits per heavy atom. The molecule has 0 bridgehead atoms. The van der Waals surface area contributed by atoms with Crippen molar-refractivity contribution in [3.63, 3.8) is 0 Å². The van der Waals surface area contributed by atoms with Crippen molar-refractivity contribution in [3.8, 4) is 5.75 Å². The first-order chi connectivity index (χ1) is 11.0. The van der Waals surface area contributed by atoms with E-state index in [1.165, 1.54) is 18.3 Å². The molecule has 120 valence electrons. The zero-order chi connectivity index (χ0) is 16.8. The number of halogens is 2. The van der Waals surface area contributed by atoms with Gasteiger partial charge in [0.1, 0.15) is 11.8 Å². The van der Waals surface area contributed by atoms with Gasteiger partial charge in [0.15, 0.2) is 0 Å². The standard InChI is InChI=1S/C16H15Cl2N3O2/c1-10(20-12-4-7-14(17)15(18)8-12)16(23)21-19-9-11-2-5-13(22)6-3-11/h2-10,20,22H,1H3,(H,21,23)/b19-9+/t10-/m0/s1. The molecule has 0 unspecified atom stereocenters. The van der Waals surface area contributed by atoms with Crippen LogP contribution in [0.25, 0.3) is 0 Å². The average molecular weight is 352 g/mol. The maximum atomic E-state index is 12.0. The van der Waals surface area contributed by atoms with Crippen LogP contribution in [0.2, 0.25) is 10.0 Å². The fourth-order valence-corrected chi connectivity index (χ4v) is 2.03. The van der Waals surface area contributed by atoms with Crippen LogP contribution in [0.1, 0.15) is 12.5 Å². The van der Waals surface area contributed by atoms with E-state index in [9.17, 15) is 9.90 Å². The molecule has 0 saturated carbocycles. The summed E-state index contributed by atoms with van der Waals surface area (Å²) in [6.07, 6.45) is 1.49. The first kappa shape index (κ1) is 17.1. The second-order valence-electron chi connectivity index (χ2n) is 4.82. The van der Waals surface area contributed by atoms with Crippen molar-refractivity contribution in [2.24, 2.45) is 5.10 Å². The van der Waals surface area contributed by atoms with Crippen LogP contribution in [0.15, 0.2) is 47.6 Å². The average Bonchev–Trinajstić information content (AvgIpc) is 2.52. The lowest BCUT2D eigenvalue weighted by molar-refractivity contribution is -0.121. The lowest BCUT2D eigenvalue weighted by atomic mass is 10.2. The molecule has 0 aliphatic carbocycles. The molecule has 0 fully saturated rings. The van der Waals surface area contributed by atoms with E-state index < -0.39 is 6.04 Å². The smallest absolute Gasteiger partial charge is 0.262 e. The zero-order valence-electron chi connectivity index (χ0n) is 12.3. The van der Waals surface area contributed by atoms with Gasteiger partial charge in [-0.05, 0) is 55.0 Å². The molecule has 7 heteroatoms. The number of aromatic hydroxyl groups is 1. The van der Waals surface area contributed by atoms with Gasteiger partial charge in [0.25, 0.3) is 5.91 Å². The van der Waals surface area contributed by atoms with Gasteiger partial charge in [-0.25, -0.2) is 5.43 Å². The molecule has 0 aliphatic rings. The van der Waals surface area contributed by atoms with E-state index in [0.717, 1.165) is 5.56 Å². The van der Waals surface area contributed by atoms with Crippen LogP contribution in [-0.4, -0.2) is 23.3 Å². The van der Waals surface area contributed by atoms with E-state index >= 15 is 0 Å². The summed E-state index contributed by atoms with van der Waals surface area (Å²) in [4.78, 5) is 12.0. The second kappa shape index (κ2) is 7.85. The lowest BCUT2D eigenvalue weighted by Crippen LogP contribution is -2.34. The molecule has 2 rings (SSSR count). The third-order valence-electron chi connectivity index (χ3n) is 2.98. The number of rotatable bonds is 5. The molecule has 1 amide bonds. The highest BCUT2D eigenvalue weighted by Gasteiger charge is 2.12. The van der Waals surface area contributed by atoms with E-state index in [-0.39, 0.29) is 11.7 Å². The Labute approximate surface area is 143 Å². The summed E-state index contributed by atoms with van der Waals surface area (Å²) >= 11 is 11.8. The van der Waals surface area contributed by atoms with Gasteiger partial charge < -0.3 is 10.4 Å². The number of anilines is 1. The Morgan fingerprint density at radius 3 is 2.52 bits per heavy atom. The number of nitrogens with zero attached hydrogens (tertiary/aromatic N) is 1. The van der Waals surface area contributed by atoms with E-state index in [4.69, 9.17) is 23.2 Å². The highest BCUT2D eigenvalue weighted by Crippen LogP contribution is 2.25. The molecule has 1 atom stereocenters. The lowest BCUT2D eigenvalue weighted by Gasteiger charge is -2.13. The summed E-state index contributed by atoms with van der Waals surface area (Å²) in [7, 11) is 0. The topological polar surface area (TPSA) is 73.7 Å². The van der Waals surface area contributed by atoms with Crippen LogP contribution in [-0.2, 0) is 4.79 Å². The molecule has 0 aromatic heterocycles. The highest BCUT2D eigenvalue weighted by molar-refractivity contribution is 6.42. The normalized spacial score (nSPS) is 12.1. The van der Waals surface area contributed by atoms with Gasteiger partial charge in [-0.1, -0.05) is 23.2 Å². The number of carbonyl (C=O) groups is 1. The predicted molar refractivity (Wildman–Crippen MR) is 93.4 cm³/mol. The Balaban J connectivity index is 1.89.